The van der Waals surface area contributed by atoms with Crippen LogP contribution in [0.15, 0.2) is 71.7 Å². The minimum Gasteiger partial charge on any atom is -0.508 e. The summed E-state index contributed by atoms with van der Waals surface area (Å²) in [5.74, 6) is 1.51. The fourth-order valence-electron chi connectivity index (χ4n) is 3.71. The van der Waals surface area contributed by atoms with Gasteiger partial charge >= 0.3 is 0 Å². The minimum atomic E-state index is -0.322. The summed E-state index contributed by atoms with van der Waals surface area (Å²) in [5.41, 5.74) is 3.69. The Hall–Kier alpha value is -3.02. The van der Waals surface area contributed by atoms with E-state index in [0.29, 0.717) is 22.9 Å². The van der Waals surface area contributed by atoms with Crippen LogP contribution in [0.3, 0.4) is 0 Å². The first-order valence-electron chi connectivity index (χ1n) is 9.67. The van der Waals surface area contributed by atoms with Gasteiger partial charge in [0.25, 0.3) is 0 Å². The van der Waals surface area contributed by atoms with E-state index in [-0.39, 0.29) is 18.0 Å². The number of methoxy groups -OCH3 is 2. The average Bonchev–Trinajstić information content (AvgIpc) is 2.80. The van der Waals surface area contributed by atoms with E-state index in [0.717, 1.165) is 22.4 Å². The van der Waals surface area contributed by atoms with Gasteiger partial charge in [0.05, 0.1) is 14.2 Å². The molecule has 0 radical (unpaired) electrons. The van der Waals surface area contributed by atoms with E-state index >= 15 is 0 Å². The lowest BCUT2D eigenvalue weighted by atomic mass is 9.93. The SMILES string of the molecule is COc1ccc(C2N=C(c3ccccc3)CC(c3cc(Cl)ccc3O)N2)cc1OC. The van der Waals surface area contributed by atoms with Gasteiger partial charge in [-0.3, -0.25) is 10.3 Å². The number of phenols is 1. The lowest BCUT2D eigenvalue weighted by Crippen LogP contribution is -2.33. The first-order valence-corrected chi connectivity index (χ1v) is 10.1. The summed E-state index contributed by atoms with van der Waals surface area (Å²) in [4.78, 5) is 4.98. The maximum Gasteiger partial charge on any atom is 0.161 e. The van der Waals surface area contributed by atoms with Crippen LogP contribution in [0.25, 0.3) is 0 Å². The molecule has 0 saturated carbocycles. The summed E-state index contributed by atoms with van der Waals surface area (Å²) in [5, 5.41) is 14.6. The Morgan fingerprint density at radius 2 is 1.73 bits per heavy atom. The topological polar surface area (TPSA) is 63.1 Å². The van der Waals surface area contributed by atoms with Gasteiger partial charge in [0, 0.05) is 28.8 Å². The highest BCUT2D eigenvalue weighted by molar-refractivity contribution is 6.30. The average molecular weight is 423 g/mol. The fraction of sp³-hybridized carbons (Fsp3) is 0.208. The van der Waals surface area contributed by atoms with E-state index < -0.39 is 0 Å². The van der Waals surface area contributed by atoms with Gasteiger partial charge in [-0.15, -0.1) is 0 Å². The number of nitrogens with one attached hydrogen (secondary N) is 1. The smallest absolute Gasteiger partial charge is 0.161 e. The van der Waals surface area contributed by atoms with Crippen molar-refractivity contribution in [3.8, 4) is 17.2 Å². The van der Waals surface area contributed by atoms with E-state index in [1.54, 1.807) is 32.4 Å². The molecule has 1 heterocycles. The van der Waals surface area contributed by atoms with Crippen molar-refractivity contribution in [2.24, 2.45) is 4.99 Å². The maximum atomic E-state index is 10.5. The van der Waals surface area contributed by atoms with E-state index in [2.05, 4.69) is 5.32 Å². The third-order valence-electron chi connectivity index (χ3n) is 5.24. The highest BCUT2D eigenvalue weighted by atomic mass is 35.5. The second-order valence-electron chi connectivity index (χ2n) is 7.09. The number of hydrogen-bond acceptors (Lipinski definition) is 5. The van der Waals surface area contributed by atoms with Crippen molar-refractivity contribution in [1.29, 1.82) is 0 Å². The van der Waals surface area contributed by atoms with Crippen LogP contribution in [0, 0.1) is 0 Å². The van der Waals surface area contributed by atoms with Crippen LogP contribution in [0.1, 0.15) is 35.3 Å². The number of ether oxygens (including phenoxy) is 2. The molecule has 2 atom stereocenters. The number of benzene rings is 3. The quantitative estimate of drug-likeness (QED) is 0.586. The molecular weight excluding hydrogens is 400 g/mol. The third kappa shape index (κ3) is 4.13. The van der Waals surface area contributed by atoms with Crippen molar-refractivity contribution in [3.63, 3.8) is 0 Å². The highest BCUT2D eigenvalue weighted by Crippen LogP contribution is 2.37. The molecule has 0 spiro atoms. The van der Waals surface area contributed by atoms with E-state index in [1.165, 1.54) is 0 Å². The molecule has 2 N–H and O–H groups in total. The molecule has 0 bridgehead atoms. The Morgan fingerprint density at radius 1 is 0.967 bits per heavy atom. The molecule has 2 unspecified atom stereocenters. The second kappa shape index (κ2) is 8.78. The fourth-order valence-corrected chi connectivity index (χ4v) is 3.89. The van der Waals surface area contributed by atoms with Gasteiger partial charge in [0.15, 0.2) is 11.5 Å². The molecule has 1 aliphatic heterocycles. The molecule has 0 amide bonds. The maximum absolute atomic E-state index is 10.5. The van der Waals surface area contributed by atoms with Crippen molar-refractivity contribution in [1.82, 2.24) is 5.32 Å². The molecule has 154 valence electrons. The highest BCUT2D eigenvalue weighted by Gasteiger charge is 2.28. The van der Waals surface area contributed by atoms with Crippen LogP contribution in [-0.2, 0) is 0 Å². The summed E-state index contributed by atoms with van der Waals surface area (Å²) >= 11 is 6.22. The van der Waals surface area contributed by atoms with Crippen LogP contribution >= 0.6 is 11.6 Å². The van der Waals surface area contributed by atoms with Crippen LogP contribution in [0.5, 0.6) is 17.2 Å². The van der Waals surface area contributed by atoms with E-state index in [4.69, 9.17) is 26.1 Å². The summed E-state index contributed by atoms with van der Waals surface area (Å²) in [6, 6.07) is 20.8. The van der Waals surface area contributed by atoms with E-state index in [1.807, 2.05) is 48.5 Å². The van der Waals surface area contributed by atoms with Crippen molar-refractivity contribution >= 4 is 17.3 Å². The molecule has 4 rings (SSSR count). The molecule has 0 fully saturated rings. The minimum absolute atomic E-state index is 0.158. The van der Waals surface area contributed by atoms with Crippen molar-refractivity contribution < 1.29 is 14.6 Å². The predicted octanol–water partition coefficient (Wildman–Crippen LogP) is 5.29. The summed E-state index contributed by atoms with van der Waals surface area (Å²) in [7, 11) is 3.22. The Kier molecular flexibility index (Phi) is 5.93. The summed E-state index contributed by atoms with van der Waals surface area (Å²) in [6.45, 7) is 0. The van der Waals surface area contributed by atoms with Gasteiger partial charge in [0.2, 0.25) is 0 Å². The lowest BCUT2D eigenvalue weighted by Gasteiger charge is -2.31. The van der Waals surface area contributed by atoms with Gasteiger partial charge in [0.1, 0.15) is 11.9 Å². The Bertz CT molecular complexity index is 1070. The second-order valence-corrected chi connectivity index (χ2v) is 7.52. The first kappa shape index (κ1) is 20.3. The van der Waals surface area contributed by atoms with Crippen molar-refractivity contribution in [2.75, 3.05) is 14.2 Å². The Labute approximate surface area is 180 Å². The number of aliphatic imine (C=N–C) groups is 1. The zero-order chi connectivity index (χ0) is 21.1. The van der Waals surface area contributed by atoms with Crippen LogP contribution < -0.4 is 14.8 Å². The largest absolute Gasteiger partial charge is 0.508 e. The van der Waals surface area contributed by atoms with Crippen molar-refractivity contribution in [3.05, 3.63) is 88.4 Å². The van der Waals surface area contributed by atoms with Gasteiger partial charge < -0.3 is 14.6 Å². The summed E-state index contributed by atoms with van der Waals surface area (Å²) in [6.07, 6.45) is 0.305. The van der Waals surface area contributed by atoms with Crippen LogP contribution in [-0.4, -0.2) is 25.0 Å². The number of aromatic hydroxyl groups is 1. The Balaban J connectivity index is 1.77. The van der Waals surface area contributed by atoms with Gasteiger partial charge in [-0.2, -0.15) is 0 Å². The molecule has 3 aromatic carbocycles. The molecule has 0 saturated heterocycles. The monoisotopic (exact) mass is 422 g/mol. The van der Waals surface area contributed by atoms with Crippen LogP contribution in [0.4, 0.5) is 0 Å². The molecule has 30 heavy (non-hydrogen) atoms. The molecule has 0 aliphatic carbocycles. The normalized spacial score (nSPS) is 18.6. The molecule has 0 aromatic heterocycles. The molecule has 5 nitrogen and oxygen atoms in total. The zero-order valence-corrected chi connectivity index (χ0v) is 17.6. The number of halogens is 1. The van der Waals surface area contributed by atoms with Gasteiger partial charge in [-0.1, -0.05) is 48.0 Å². The predicted molar refractivity (Wildman–Crippen MR) is 119 cm³/mol. The molecular formula is C24H23ClN2O3. The van der Waals surface area contributed by atoms with Crippen LogP contribution in [0.2, 0.25) is 5.02 Å². The first-order chi connectivity index (χ1) is 14.6. The zero-order valence-electron chi connectivity index (χ0n) is 16.8. The van der Waals surface area contributed by atoms with Gasteiger partial charge in [-0.05, 0) is 41.5 Å². The number of rotatable bonds is 5. The van der Waals surface area contributed by atoms with Gasteiger partial charge in [-0.25, -0.2) is 0 Å². The molecule has 1 aliphatic rings. The third-order valence-corrected chi connectivity index (χ3v) is 5.47. The number of phenolic OH excluding ortho intramolecular Hbond substituents is 1. The summed E-state index contributed by atoms with van der Waals surface area (Å²) < 4.78 is 10.8. The number of hydrogen-bond donors (Lipinski definition) is 2. The molecule has 6 heteroatoms. The number of nitrogens with zero attached hydrogens (tertiary/aromatic N) is 1. The molecule has 3 aromatic rings. The Morgan fingerprint density at radius 3 is 2.47 bits per heavy atom. The standard InChI is InChI=1S/C24H23ClN2O3/c1-29-22-11-8-16(12-23(22)30-2)24-26-19(15-6-4-3-5-7-15)14-20(27-24)18-13-17(25)9-10-21(18)28/h3-13,20,24,27-28H,14H2,1-2H3. The van der Waals surface area contributed by atoms with Crippen molar-refractivity contribution in [2.45, 2.75) is 18.6 Å². The van der Waals surface area contributed by atoms with E-state index in [9.17, 15) is 5.11 Å². The lowest BCUT2D eigenvalue weighted by molar-refractivity contribution is 0.353.